The average molecular weight is 335 g/mol. The van der Waals surface area contributed by atoms with E-state index < -0.39 is 10.0 Å². The van der Waals surface area contributed by atoms with E-state index in [-0.39, 0.29) is 17.3 Å². The molecule has 3 N–H and O–H groups in total. The summed E-state index contributed by atoms with van der Waals surface area (Å²) in [5.74, 6) is 0.0838. The lowest BCUT2D eigenvalue weighted by molar-refractivity contribution is 0.0947. The maximum absolute atomic E-state index is 12.2. The van der Waals surface area contributed by atoms with Gasteiger partial charge in [0.05, 0.1) is 23.8 Å². The Bertz CT molecular complexity index is 817. The number of carbonyl (C=O) groups excluding carboxylic acids is 1. The van der Waals surface area contributed by atoms with E-state index in [9.17, 15) is 13.2 Å². The van der Waals surface area contributed by atoms with E-state index in [1.54, 1.807) is 25.1 Å². The Labute approximate surface area is 134 Å². The number of nitrogens with two attached hydrogens (primary N) is 1. The van der Waals surface area contributed by atoms with Crippen molar-refractivity contribution in [1.82, 2.24) is 10.3 Å². The zero-order valence-corrected chi connectivity index (χ0v) is 13.6. The lowest BCUT2D eigenvalue weighted by Gasteiger charge is -2.10. The fourth-order valence-electron chi connectivity index (χ4n) is 1.96. The van der Waals surface area contributed by atoms with Crippen LogP contribution in [0.3, 0.4) is 0 Å². The van der Waals surface area contributed by atoms with Crippen molar-refractivity contribution in [3.05, 3.63) is 53.3 Å². The van der Waals surface area contributed by atoms with Crippen molar-refractivity contribution in [2.45, 2.75) is 18.4 Å². The summed E-state index contributed by atoms with van der Waals surface area (Å²) in [7, 11) is -2.25. The second-order valence-electron chi connectivity index (χ2n) is 4.90. The molecule has 0 spiro atoms. The van der Waals surface area contributed by atoms with Gasteiger partial charge in [0.15, 0.2) is 0 Å². The topological polar surface area (TPSA) is 111 Å². The van der Waals surface area contributed by atoms with Gasteiger partial charge in [0.25, 0.3) is 5.91 Å². The number of ether oxygens (including phenoxy) is 1. The molecule has 1 aromatic carbocycles. The highest BCUT2D eigenvalue weighted by molar-refractivity contribution is 7.89. The minimum Gasteiger partial charge on any atom is -0.494 e. The van der Waals surface area contributed by atoms with E-state index in [1.165, 1.54) is 25.4 Å². The van der Waals surface area contributed by atoms with Gasteiger partial charge in [-0.25, -0.2) is 13.6 Å². The first-order valence-electron chi connectivity index (χ1n) is 6.72. The van der Waals surface area contributed by atoms with Crippen LogP contribution in [0.5, 0.6) is 5.75 Å². The van der Waals surface area contributed by atoms with Crippen LogP contribution >= 0.6 is 0 Å². The van der Waals surface area contributed by atoms with Crippen molar-refractivity contribution in [1.29, 1.82) is 0 Å². The number of benzene rings is 1. The molecule has 0 aliphatic heterocycles. The molecular formula is C15H17N3O4S. The number of pyridine rings is 1. The minimum absolute atomic E-state index is 0.0269. The molecule has 0 bridgehead atoms. The number of primary sulfonamides is 1. The Morgan fingerprint density at radius 3 is 2.52 bits per heavy atom. The van der Waals surface area contributed by atoms with E-state index in [0.29, 0.717) is 17.0 Å². The van der Waals surface area contributed by atoms with E-state index in [2.05, 4.69) is 10.3 Å². The second-order valence-corrected chi connectivity index (χ2v) is 6.46. The number of carbonyl (C=O) groups is 1. The van der Waals surface area contributed by atoms with E-state index in [0.717, 1.165) is 5.56 Å². The molecule has 7 nitrogen and oxygen atoms in total. The molecule has 0 aliphatic carbocycles. The Hall–Kier alpha value is -2.45. The third-order valence-electron chi connectivity index (χ3n) is 3.17. The maximum Gasteiger partial charge on any atom is 0.255 e. The van der Waals surface area contributed by atoms with Gasteiger partial charge in [-0.05, 0) is 30.7 Å². The van der Waals surface area contributed by atoms with Gasteiger partial charge < -0.3 is 10.1 Å². The van der Waals surface area contributed by atoms with Gasteiger partial charge in [-0.2, -0.15) is 0 Å². The first-order chi connectivity index (χ1) is 10.8. The van der Waals surface area contributed by atoms with Crippen LogP contribution in [0, 0.1) is 6.92 Å². The molecule has 2 aromatic rings. The molecule has 122 valence electrons. The number of sulfonamides is 1. The predicted molar refractivity (Wildman–Crippen MR) is 84.5 cm³/mol. The molecule has 1 aromatic heterocycles. The summed E-state index contributed by atoms with van der Waals surface area (Å²) < 4.78 is 27.5. The lowest BCUT2D eigenvalue weighted by atomic mass is 10.2. The fourth-order valence-corrected chi connectivity index (χ4v) is 2.48. The molecule has 2 rings (SSSR count). The highest BCUT2D eigenvalue weighted by Crippen LogP contribution is 2.17. The van der Waals surface area contributed by atoms with Gasteiger partial charge >= 0.3 is 0 Å². The minimum atomic E-state index is -3.72. The molecule has 0 unspecified atom stereocenters. The van der Waals surface area contributed by atoms with Gasteiger partial charge in [-0.3, -0.25) is 9.78 Å². The SMILES string of the molecule is COc1cnc(C)cc1C(=O)NCc1ccc(S(N)(=O)=O)cc1. The first kappa shape index (κ1) is 16.9. The van der Waals surface area contributed by atoms with Crippen LogP contribution in [0.15, 0.2) is 41.4 Å². The highest BCUT2D eigenvalue weighted by Gasteiger charge is 2.13. The van der Waals surface area contributed by atoms with Crippen molar-refractivity contribution < 1.29 is 17.9 Å². The Morgan fingerprint density at radius 2 is 1.96 bits per heavy atom. The summed E-state index contributed by atoms with van der Waals surface area (Å²) in [6.07, 6.45) is 1.49. The number of aryl methyl sites for hydroxylation is 1. The zero-order valence-electron chi connectivity index (χ0n) is 12.7. The van der Waals surface area contributed by atoms with Crippen molar-refractivity contribution in [3.8, 4) is 5.75 Å². The van der Waals surface area contributed by atoms with Gasteiger partial charge in [0.2, 0.25) is 10.0 Å². The molecular weight excluding hydrogens is 318 g/mol. The predicted octanol–water partition coefficient (Wildman–Crippen LogP) is 0.976. The van der Waals surface area contributed by atoms with Crippen LogP contribution in [0.25, 0.3) is 0 Å². The van der Waals surface area contributed by atoms with E-state index in [4.69, 9.17) is 9.88 Å². The number of aromatic nitrogens is 1. The summed E-state index contributed by atoms with van der Waals surface area (Å²) in [5.41, 5.74) is 1.84. The van der Waals surface area contributed by atoms with Gasteiger partial charge in [0, 0.05) is 12.2 Å². The summed E-state index contributed by atoms with van der Waals surface area (Å²) in [4.78, 5) is 16.3. The lowest BCUT2D eigenvalue weighted by Crippen LogP contribution is -2.23. The third kappa shape index (κ3) is 4.27. The van der Waals surface area contributed by atoms with Gasteiger partial charge in [0.1, 0.15) is 5.75 Å². The van der Waals surface area contributed by atoms with Gasteiger partial charge in [-0.15, -0.1) is 0 Å². The third-order valence-corrected chi connectivity index (χ3v) is 4.10. The quantitative estimate of drug-likeness (QED) is 0.846. The summed E-state index contributed by atoms with van der Waals surface area (Å²) in [5, 5.41) is 7.78. The normalized spacial score (nSPS) is 11.1. The monoisotopic (exact) mass is 335 g/mol. The molecule has 1 amide bonds. The number of nitrogens with one attached hydrogen (secondary N) is 1. The number of nitrogens with zero attached hydrogens (tertiary/aromatic N) is 1. The fraction of sp³-hybridized carbons (Fsp3) is 0.200. The van der Waals surface area contributed by atoms with Crippen LogP contribution in [-0.4, -0.2) is 26.4 Å². The van der Waals surface area contributed by atoms with Crippen molar-refractivity contribution in [2.24, 2.45) is 5.14 Å². The number of hydrogen-bond acceptors (Lipinski definition) is 5. The standard InChI is InChI=1S/C15H17N3O4S/c1-10-7-13(14(22-2)9-17-10)15(19)18-8-11-3-5-12(6-4-11)23(16,20)21/h3-7,9H,8H2,1-2H3,(H,18,19)(H2,16,20,21). The second kappa shape index (κ2) is 6.76. The summed E-state index contributed by atoms with van der Waals surface area (Å²) in [6, 6.07) is 7.62. The maximum atomic E-state index is 12.2. The Balaban J connectivity index is 2.09. The Morgan fingerprint density at radius 1 is 1.30 bits per heavy atom. The largest absolute Gasteiger partial charge is 0.494 e. The van der Waals surface area contributed by atoms with Crippen molar-refractivity contribution in [3.63, 3.8) is 0 Å². The number of amides is 1. The smallest absolute Gasteiger partial charge is 0.255 e. The van der Waals surface area contributed by atoms with Crippen molar-refractivity contribution in [2.75, 3.05) is 7.11 Å². The highest BCUT2D eigenvalue weighted by atomic mass is 32.2. The molecule has 8 heteroatoms. The average Bonchev–Trinajstić information content (AvgIpc) is 2.52. The molecule has 0 fully saturated rings. The molecule has 1 heterocycles. The molecule has 0 saturated heterocycles. The number of rotatable bonds is 5. The zero-order chi connectivity index (χ0) is 17.0. The van der Waals surface area contributed by atoms with Gasteiger partial charge in [-0.1, -0.05) is 12.1 Å². The first-order valence-corrected chi connectivity index (χ1v) is 8.26. The Kier molecular flexibility index (Phi) is 4.97. The van der Waals surface area contributed by atoms with E-state index >= 15 is 0 Å². The number of hydrogen-bond donors (Lipinski definition) is 2. The van der Waals surface area contributed by atoms with Crippen LogP contribution < -0.4 is 15.2 Å². The molecule has 0 aliphatic rings. The summed E-state index contributed by atoms with van der Waals surface area (Å²) in [6.45, 7) is 2.02. The summed E-state index contributed by atoms with van der Waals surface area (Å²) >= 11 is 0. The van der Waals surface area contributed by atoms with Crippen LogP contribution in [0.4, 0.5) is 0 Å². The van der Waals surface area contributed by atoms with E-state index in [1.807, 2.05) is 0 Å². The van der Waals surface area contributed by atoms with Crippen molar-refractivity contribution >= 4 is 15.9 Å². The molecule has 0 saturated carbocycles. The molecule has 0 atom stereocenters. The number of methoxy groups -OCH3 is 1. The van der Waals surface area contributed by atoms with Crippen LogP contribution in [-0.2, 0) is 16.6 Å². The van der Waals surface area contributed by atoms with Crippen LogP contribution in [0.1, 0.15) is 21.6 Å². The molecule has 0 radical (unpaired) electrons. The van der Waals surface area contributed by atoms with Crippen LogP contribution in [0.2, 0.25) is 0 Å². The molecule has 23 heavy (non-hydrogen) atoms.